The van der Waals surface area contributed by atoms with Crippen molar-refractivity contribution in [2.24, 2.45) is 10.8 Å². The zero-order valence-corrected chi connectivity index (χ0v) is 13.1. The van der Waals surface area contributed by atoms with E-state index in [1.54, 1.807) is 13.8 Å². The number of rotatable bonds is 6. The van der Waals surface area contributed by atoms with Gasteiger partial charge in [-0.3, -0.25) is 9.59 Å². The maximum atomic E-state index is 12.4. The van der Waals surface area contributed by atoms with Gasteiger partial charge in [0.25, 0.3) is 0 Å². The van der Waals surface area contributed by atoms with Gasteiger partial charge in [-0.25, -0.2) is 0 Å². The fourth-order valence-corrected chi connectivity index (χ4v) is 3.23. The van der Waals surface area contributed by atoms with E-state index in [0.717, 1.165) is 18.4 Å². The van der Waals surface area contributed by atoms with Gasteiger partial charge in [0.05, 0.1) is 13.2 Å². The molecule has 0 N–H and O–H groups in total. The Hall–Kier alpha value is -1.32. The van der Waals surface area contributed by atoms with E-state index in [-0.39, 0.29) is 18.6 Å². The van der Waals surface area contributed by atoms with Gasteiger partial charge in [-0.1, -0.05) is 26.0 Å². The predicted molar refractivity (Wildman–Crippen MR) is 77.1 cm³/mol. The van der Waals surface area contributed by atoms with Crippen molar-refractivity contribution in [2.45, 2.75) is 53.4 Å². The molecule has 0 spiro atoms. The Morgan fingerprint density at radius 1 is 1.05 bits per heavy atom. The van der Waals surface area contributed by atoms with Crippen LogP contribution in [0.4, 0.5) is 0 Å². The van der Waals surface area contributed by atoms with E-state index in [2.05, 4.69) is 20.4 Å². The van der Waals surface area contributed by atoms with Crippen molar-refractivity contribution >= 4 is 11.9 Å². The fourth-order valence-electron chi connectivity index (χ4n) is 3.23. The molecule has 1 aliphatic carbocycles. The van der Waals surface area contributed by atoms with Crippen LogP contribution in [0, 0.1) is 10.8 Å². The van der Waals surface area contributed by atoms with Crippen LogP contribution in [0.15, 0.2) is 12.2 Å². The molecule has 1 aliphatic rings. The Morgan fingerprint density at radius 3 is 1.80 bits per heavy atom. The highest BCUT2D eigenvalue weighted by Gasteiger charge is 2.59. The molecule has 4 nitrogen and oxygen atoms in total. The number of carbonyl (C=O) groups excluding carboxylic acids is 2. The van der Waals surface area contributed by atoms with Gasteiger partial charge in [-0.05, 0) is 44.9 Å². The van der Waals surface area contributed by atoms with Crippen molar-refractivity contribution in [3.63, 3.8) is 0 Å². The maximum absolute atomic E-state index is 12.4. The van der Waals surface area contributed by atoms with Gasteiger partial charge in [0.15, 0.2) is 5.41 Å². The molecule has 1 fully saturated rings. The molecular formula is C16H26O4. The van der Waals surface area contributed by atoms with Crippen molar-refractivity contribution in [1.82, 2.24) is 0 Å². The molecule has 0 radical (unpaired) electrons. The molecule has 0 amide bonds. The molecule has 114 valence electrons. The largest absolute Gasteiger partial charge is 0.465 e. The molecule has 0 bridgehead atoms. The van der Waals surface area contributed by atoms with Crippen LogP contribution in [0.2, 0.25) is 0 Å². The van der Waals surface area contributed by atoms with Crippen LogP contribution in [0.25, 0.3) is 0 Å². The monoisotopic (exact) mass is 282 g/mol. The highest BCUT2D eigenvalue weighted by molar-refractivity contribution is 6.01. The van der Waals surface area contributed by atoms with Gasteiger partial charge in [0.1, 0.15) is 0 Å². The number of hydrogen-bond donors (Lipinski definition) is 0. The number of esters is 2. The topological polar surface area (TPSA) is 52.6 Å². The van der Waals surface area contributed by atoms with Gasteiger partial charge >= 0.3 is 11.9 Å². The summed E-state index contributed by atoms with van der Waals surface area (Å²) in [5.41, 5.74) is -0.405. The molecule has 20 heavy (non-hydrogen) atoms. The smallest absolute Gasteiger partial charge is 0.323 e. The molecule has 0 unspecified atom stereocenters. The summed E-state index contributed by atoms with van der Waals surface area (Å²) in [6.45, 7) is 12.3. The summed E-state index contributed by atoms with van der Waals surface area (Å²) in [6.07, 6.45) is 2.52. The predicted octanol–water partition coefficient (Wildman–Crippen LogP) is 3.26. The molecule has 0 aromatic heterocycles. The lowest BCUT2D eigenvalue weighted by Crippen LogP contribution is -2.41. The minimum atomic E-state index is -1.20. The Bertz CT molecular complexity index is 375. The van der Waals surface area contributed by atoms with Crippen molar-refractivity contribution in [2.75, 3.05) is 13.2 Å². The molecule has 0 saturated heterocycles. The third kappa shape index (κ3) is 2.60. The first-order chi connectivity index (χ1) is 9.42. The Balaban J connectivity index is 3.18. The van der Waals surface area contributed by atoms with Crippen LogP contribution in [0.1, 0.15) is 53.4 Å². The third-order valence-electron chi connectivity index (χ3n) is 4.59. The molecule has 0 aromatic carbocycles. The van der Waals surface area contributed by atoms with Crippen LogP contribution in [-0.2, 0) is 19.1 Å². The summed E-state index contributed by atoms with van der Waals surface area (Å²) in [6, 6.07) is 0. The van der Waals surface area contributed by atoms with E-state index in [4.69, 9.17) is 9.47 Å². The highest BCUT2D eigenvalue weighted by Crippen LogP contribution is 2.57. The van der Waals surface area contributed by atoms with E-state index in [0.29, 0.717) is 12.8 Å². The zero-order chi connectivity index (χ0) is 15.4. The van der Waals surface area contributed by atoms with Crippen LogP contribution >= 0.6 is 0 Å². The molecule has 0 aromatic rings. The second kappa shape index (κ2) is 6.42. The lowest BCUT2D eigenvalue weighted by Gasteiger charge is -2.30. The lowest BCUT2D eigenvalue weighted by molar-refractivity contribution is -0.172. The summed E-state index contributed by atoms with van der Waals surface area (Å²) in [7, 11) is 0. The van der Waals surface area contributed by atoms with E-state index < -0.39 is 17.4 Å². The van der Waals surface area contributed by atoms with Crippen molar-refractivity contribution in [3.05, 3.63) is 12.2 Å². The summed E-state index contributed by atoms with van der Waals surface area (Å²) in [5, 5.41) is 0. The van der Waals surface area contributed by atoms with Crippen LogP contribution in [0.5, 0.6) is 0 Å². The Morgan fingerprint density at radius 2 is 1.50 bits per heavy atom. The molecule has 1 rings (SSSR count). The van der Waals surface area contributed by atoms with E-state index in [1.165, 1.54) is 0 Å². The first kappa shape index (κ1) is 16.7. The van der Waals surface area contributed by atoms with Gasteiger partial charge < -0.3 is 9.47 Å². The highest BCUT2D eigenvalue weighted by atomic mass is 16.6. The van der Waals surface area contributed by atoms with Gasteiger partial charge in [0.2, 0.25) is 0 Å². The average molecular weight is 282 g/mol. The SMILES string of the molecule is C=C1CC(C(=O)OCC)(C(=O)OCC)CC1(CC)CC. The Kier molecular flexibility index (Phi) is 5.37. The van der Waals surface area contributed by atoms with Gasteiger partial charge in [0, 0.05) is 0 Å². The average Bonchev–Trinajstić information content (AvgIpc) is 2.74. The molecule has 0 heterocycles. The van der Waals surface area contributed by atoms with E-state index in [1.807, 2.05) is 0 Å². The second-order valence-electron chi connectivity index (χ2n) is 5.47. The number of ether oxygens (including phenoxy) is 2. The van der Waals surface area contributed by atoms with E-state index in [9.17, 15) is 9.59 Å². The molecule has 4 heteroatoms. The van der Waals surface area contributed by atoms with Gasteiger partial charge in [-0.15, -0.1) is 0 Å². The van der Waals surface area contributed by atoms with Crippen LogP contribution in [0.3, 0.4) is 0 Å². The second-order valence-corrected chi connectivity index (χ2v) is 5.47. The number of hydrogen-bond acceptors (Lipinski definition) is 4. The zero-order valence-electron chi connectivity index (χ0n) is 13.1. The third-order valence-corrected chi connectivity index (χ3v) is 4.59. The number of allylic oxidation sites excluding steroid dienone is 1. The van der Waals surface area contributed by atoms with E-state index >= 15 is 0 Å². The summed E-state index contributed by atoms with van der Waals surface area (Å²) < 4.78 is 10.3. The Labute approximate surface area is 121 Å². The molecular weight excluding hydrogens is 256 g/mol. The first-order valence-electron chi connectivity index (χ1n) is 7.45. The summed E-state index contributed by atoms with van der Waals surface area (Å²) in [5.74, 6) is -0.938. The molecule has 1 saturated carbocycles. The first-order valence-corrected chi connectivity index (χ1v) is 7.45. The van der Waals surface area contributed by atoms with Crippen molar-refractivity contribution in [1.29, 1.82) is 0 Å². The summed E-state index contributed by atoms with van der Waals surface area (Å²) in [4.78, 5) is 24.8. The fraction of sp³-hybridized carbons (Fsp3) is 0.750. The standard InChI is InChI=1S/C16H26O4/c1-6-15(7-2)11-16(10-12(15)5,13(17)19-8-3)14(18)20-9-4/h5-11H2,1-4H3. The quantitative estimate of drug-likeness (QED) is 0.426. The van der Waals surface area contributed by atoms with Crippen molar-refractivity contribution in [3.8, 4) is 0 Å². The minimum Gasteiger partial charge on any atom is -0.465 e. The molecule has 0 atom stereocenters. The normalized spacial score (nSPS) is 19.7. The molecule has 0 aliphatic heterocycles. The summed E-state index contributed by atoms with van der Waals surface area (Å²) >= 11 is 0. The van der Waals surface area contributed by atoms with Crippen LogP contribution < -0.4 is 0 Å². The minimum absolute atomic E-state index is 0.167. The van der Waals surface area contributed by atoms with Gasteiger partial charge in [-0.2, -0.15) is 0 Å². The van der Waals surface area contributed by atoms with Crippen molar-refractivity contribution < 1.29 is 19.1 Å². The van der Waals surface area contributed by atoms with Crippen LogP contribution in [-0.4, -0.2) is 25.2 Å². The lowest BCUT2D eigenvalue weighted by atomic mass is 9.75. The maximum Gasteiger partial charge on any atom is 0.323 e. The number of carbonyl (C=O) groups is 2.